The van der Waals surface area contributed by atoms with Gasteiger partial charge in [-0.15, -0.1) is 10.2 Å². The molecule has 2 N–H and O–H groups in total. The maximum Gasteiger partial charge on any atom is 0.208 e. The van der Waals surface area contributed by atoms with Crippen LogP contribution in [0.5, 0.6) is 5.75 Å². The number of hydrogen-bond donors (Lipinski definition) is 1. The summed E-state index contributed by atoms with van der Waals surface area (Å²) in [5.41, 5.74) is 6.64. The van der Waals surface area contributed by atoms with E-state index in [-0.39, 0.29) is 0 Å². The number of nitrogen functional groups attached to an aromatic ring is 1. The van der Waals surface area contributed by atoms with E-state index in [4.69, 9.17) is 10.5 Å². The van der Waals surface area contributed by atoms with Crippen molar-refractivity contribution in [3.8, 4) is 5.75 Å². The second-order valence-corrected chi connectivity index (χ2v) is 5.96. The molecule has 1 heterocycles. The number of benzene rings is 1. The number of ether oxygens (including phenoxy) is 1. The van der Waals surface area contributed by atoms with E-state index >= 15 is 0 Å². The quantitative estimate of drug-likeness (QED) is 0.868. The molecular weight excluding hydrogens is 268 g/mol. The molecule has 0 fully saturated rings. The van der Waals surface area contributed by atoms with Crippen LogP contribution in [-0.4, -0.2) is 31.4 Å². The molecular formula is C11H14N4OS2. The van der Waals surface area contributed by atoms with Crippen LogP contribution in [0.3, 0.4) is 0 Å². The van der Waals surface area contributed by atoms with Crippen LogP contribution in [0.25, 0.3) is 0 Å². The summed E-state index contributed by atoms with van der Waals surface area (Å²) in [5, 5.41) is 9.08. The molecule has 0 unspecified atom stereocenters. The molecule has 0 aliphatic rings. The van der Waals surface area contributed by atoms with Crippen LogP contribution in [-0.2, 0) is 0 Å². The molecule has 0 saturated heterocycles. The molecule has 0 aliphatic heterocycles. The van der Waals surface area contributed by atoms with Crippen molar-refractivity contribution in [3.63, 3.8) is 0 Å². The zero-order valence-electron chi connectivity index (χ0n) is 10.4. The summed E-state index contributed by atoms with van der Waals surface area (Å²) in [6.07, 6.45) is 0. The average Bonchev–Trinajstić information content (AvgIpc) is 2.80. The van der Waals surface area contributed by atoms with Crippen molar-refractivity contribution < 1.29 is 4.74 Å². The number of nitrogens with two attached hydrogens (primary N) is 1. The molecule has 7 heteroatoms. The first-order chi connectivity index (χ1) is 8.61. The third kappa shape index (κ3) is 2.68. The van der Waals surface area contributed by atoms with Gasteiger partial charge in [-0.1, -0.05) is 29.2 Å². The summed E-state index contributed by atoms with van der Waals surface area (Å²) < 4.78 is 6.05. The molecule has 0 amide bonds. The van der Waals surface area contributed by atoms with Crippen molar-refractivity contribution in [2.75, 3.05) is 31.8 Å². The zero-order chi connectivity index (χ0) is 13.1. The van der Waals surface area contributed by atoms with Crippen molar-refractivity contribution in [3.05, 3.63) is 18.2 Å². The van der Waals surface area contributed by atoms with Gasteiger partial charge < -0.3 is 15.4 Å². The first-order valence-corrected chi connectivity index (χ1v) is 6.86. The third-order valence-electron chi connectivity index (χ3n) is 2.22. The first-order valence-electron chi connectivity index (χ1n) is 5.23. The van der Waals surface area contributed by atoms with Crippen molar-refractivity contribution >= 4 is 33.9 Å². The van der Waals surface area contributed by atoms with E-state index in [0.717, 1.165) is 14.4 Å². The fraction of sp³-hybridized carbons (Fsp3) is 0.273. The van der Waals surface area contributed by atoms with Crippen LogP contribution in [0.1, 0.15) is 0 Å². The highest BCUT2D eigenvalue weighted by molar-refractivity contribution is 8.01. The first kappa shape index (κ1) is 13.0. The van der Waals surface area contributed by atoms with Crippen molar-refractivity contribution in [1.29, 1.82) is 0 Å². The number of nitrogens with zero attached hydrogens (tertiary/aromatic N) is 3. The van der Waals surface area contributed by atoms with Crippen LogP contribution >= 0.6 is 23.1 Å². The van der Waals surface area contributed by atoms with Crippen molar-refractivity contribution in [2.24, 2.45) is 0 Å². The summed E-state index contributed by atoms with van der Waals surface area (Å²) in [6.45, 7) is 0. The topological polar surface area (TPSA) is 64.3 Å². The number of anilines is 2. The lowest BCUT2D eigenvalue weighted by atomic mass is 10.3. The predicted molar refractivity (Wildman–Crippen MR) is 75.8 cm³/mol. The monoisotopic (exact) mass is 282 g/mol. The molecule has 0 saturated carbocycles. The molecule has 5 nitrogen and oxygen atoms in total. The Hall–Kier alpha value is -1.47. The predicted octanol–water partition coefficient (Wildman–Crippen LogP) is 2.35. The van der Waals surface area contributed by atoms with E-state index in [9.17, 15) is 0 Å². The Bertz CT molecular complexity index is 542. The van der Waals surface area contributed by atoms with Gasteiger partial charge >= 0.3 is 0 Å². The molecule has 2 aromatic rings. The lowest BCUT2D eigenvalue weighted by Gasteiger charge is -2.07. The van der Waals surface area contributed by atoms with E-state index in [1.807, 2.05) is 37.2 Å². The Balaban J connectivity index is 2.23. The second-order valence-electron chi connectivity index (χ2n) is 3.72. The lowest BCUT2D eigenvalue weighted by molar-refractivity contribution is 0.416. The standard InChI is InChI=1S/C11H14N4OS2/c1-15(2)10-13-14-11(18-10)17-8-6-4-5-7(16-3)9(8)12/h4-6H,12H2,1-3H3. The van der Waals surface area contributed by atoms with Gasteiger partial charge in [0, 0.05) is 19.0 Å². The number of aromatic nitrogens is 2. The molecule has 0 radical (unpaired) electrons. The minimum Gasteiger partial charge on any atom is -0.495 e. The molecule has 96 valence electrons. The van der Waals surface area contributed by atoms with Gasteiger partial charge in [0.2, 0.25) is 5.13 Å². The second kappa shape index (κ2) is 5.45. The van der Waals surface area contributed by atoms with Gasteiger partial charge in [0.15, 0.2) is 4.34 Å². The van der Waals surface area contributed by atoms with Crippen LogP contribution in [0.2, 0.25) is 0 Å². The lowest BCUT2D eigenvalue weighted by Crippen LogP contribution is -2.07. The van der Waals surface area contributed by atoms with Crippen LogP contribution < -0.4 is 15.4 Å². The van der Waals surface area contributed by atoms with Crippen LogP contribution in [0.4, 0.5) is 10.8 Å². The summed E-state index contributed by atoms with van der Waals surface area (Å²) in [7, 11) is 5.49. The van der Waals surface area contributed by atoms with Gasteiger partial charge in [0.05, 0.1) is 12.8 Å². The number of para-hydroxylation sites is 1. The number of hydrogen-bond acceptors (Lipinski definition) is 7. The van der Waals surface area contributed by atoms with Gasteiger partial charge in [0.25, 0.3) is 0 Å². The van der Waals surface area contributed by atoms with E-state index < -0.39 is 0 Å². The molecule has 1 aromatic heterocycles. The van der Waals surface area contributed by atoms with Gasteiger partial charge in [-0.25, -0.2) is 0 Å². The fourth-order valence-electron chi connectivity index (χ4n) is 1.31. The van der Waals surface area contributed by atoms with Gasteiger partial charge in [-0.3, -0.25) is 0 Å². The average molecular weight is 282 g/mol. The van der Waals surface area contributed by atoms with E-state index in [1.54, 1.807) is 7.11 Å². The Labute approximate surface area is 114 Å². The highest BCUT2D eigenvalue weighted by atomic mass is 32.2. The summed E-state index contributed by atoms with van der Waals surface area (Å²) in [5.74, 6) is 0.678. The van der Waals surface area contributed by atoms with Crippen LogP contribution in [0.15, 0.2) is 27.4 Å². The Kier molecular flexibility index (Phi) is 3.93. The van der Waals surface area contributed by atoms with Gasteiger partial charge in [-0.05, 0) is 12.1 Å². The minimum atomic E-state index is 0.631. The molecule has 2 rings (SSSR count). The zero-order valence-corrected chi connectivity index (χ0v) is 12.0. The molecule has 0 bridgehead atoms. The van der Waals surface area contributed by atoms with E-state index in [2.05, 4.69) is 10.2 Å². The largest absolute Gasteiger partial charge is 0.495 e. The summed E-state index contributed by atoms with van der Waals surface area (Å²) in [6, 6.07) is 5.69. The maximum atomic E-state index is 6.01. The highest BCUT2D eigenvalue weighted by Crippen LogP contribution is 2.38. The van der Waals surface area contributed by atoms with Gasteiger partial charge in [0.1, 0.15) is 5.75 Å². The molecule has 18 heavy (non-hydrogen) atoms. The Morgan fingerprint density at radius 1 is 1.33 bits per heavy atom. The molecule has 0 spiro atoms. The molecule has 1 aromatic carbocycles. The minimum absolute atomic E-state index is 0.631. The van der Waals surface area contributed by atoms with Gasteiger partial charge in [-0.2, -0.15) is 0 Å². The summed E-state index contributed by atoms with van der Waals surface area (Å²) in [4.78, 5) is 2.85. The highest BCUT2D eigenvalue weighted by Gasteiger charge is 2.11. The SMILES string of the molecule is COc1cccc(Sc2nnc(N(C)C)s2)c1N. The Morgan fingerprint density at radius 2 is 2.11 bits per heavy atom. The Morgan fingerprint density at radius 3 is 2.72 bits per heavy atom. The van der Waals surface area contributed by atoms with Crippen molar-refractivity contribution in [1.82, 2.24) is 10.2 Å². The van der Waals surface area contributed by atoms with E-state index in [0.29, 0.717) is 11.4 Å². The van der Waals surface area contributed by atoms with Crippen molar-refractivity contribution in [2.45, 2.75) is 9.24 Å². The number of rotatable bonds is 4. The molecule has 0 atom stereocenters. The number of methoxy groups -OCH3 is 1. The summed E-state index contributed by atoms with van der Waals surface area (Å²) >= 11 is 3.02. The fourth-order valence-corrected chi connectivity index (χ4v) is 3.10. The normalized spacial score (nSPS) is 10.4. The van der Waals surface area contributed by atoms with Crippen LogP contribution in [0, 0.1) is 0 Å². The smallest absolute Gasteiger partial charge is 0.208 e. The third-order valence-corrected chi connectivity index (χ3v) is 4.44. The molecule has 0 aliphatic carbocycles. The maximum absolute atomic E-state index is 6.01. The van der Waals surface area contributed by atoms with E-state index in [1.165, 1.54) is 23.1 Å².